The molecule has 0 aliphatic carbocycles. The van der Waals surface area contributed by atoms with E-state index in [-0.39, 0.29) is 11.9 Å². The first-order valence-corrected chi connectivity index (χ1v) is 4.50. The van der Waals surface area contributed by atoms with Crippen LogP contribution in [0.3, 0.4) is 0 Å². The molecule has 1 amide bonds. The summed E-state index contributed by atoms with van der Waals surface area (Å²) in [5, 5.41) is 9.52. The second-order valence-electron chi connectivity index (χ2n) is 4.05. The second kappa shape index (κ2) is 4.58. The number of amides is 1. The molecule has 1 unspecified atom stereocenters. The highest BCUT2D eigenvalue weighted by Gasteiger charge is 2.23. The van der Waals surface area contributed by atoms with E-state index in [9.17, 15) is 9.90 Å². The van der Waals surface area contributed by atoms with Crippen molar-refractivity contribution in [2.24, 2.45) is 5.73 Å². The minimum atomic E-state index is -0.794. The molecular formula is C9H20N2O2. The van der Waals surface area contributed by atoms with Crippen LogP contribution in [0.5, 0.6) is 0 Å². The van der Waals surface area contributed by atoms with Crippen LogP contribution in [0.25, 0.3) is 0 Å². The largest absolute Gasteiger partial charge is 0.389 e. The van der Waals surface area contributed by atoms with Crippen molar-refractivity contribution in [2.75, 3.05) is 13.6 Å². The number of rotatable bonds is 5. The summed E-state index contributed by atoms with van der Waals surface area (Å²) < 4.78 is 0. The van der Waals surface area contributed by atoms with E-state index >= 15 is 0 Å². The number of hydrogen-bond acceptors (Lipinski definition) is 3. The molecule has 0 saturated carbocycles. The lowest BCUT2D eigenvalue weighted by molar-refractivity contribution is -0.123. The highest BCUT2D eigenvalue weighted by Crippen LogP contribution is 2.08. The third-order valence-electron chi connectivity index (χ3n) is 1.88. The fourth-order valence-corrected chi connectivity index (χ4v) is 1.45. The van der Waals surface area contributed by atoms with E-state index in [2.05, 4.69) is 0 Å². The Hall–Kier alpha value is -0.610. The first kappa shape index (κ1) is 12.4. The van der Waals surface area contributed by atoms with Gasteiger partial charge in [-0.1, -0.05) is 6.92 Å². The lowest BCUT2D eigenvalue weighted by Gasteiger charge is -2.30. The van der Waals surface area contributed by atoms with Gasteiger partial charge in [-0.3, -0.25) is 9.69 Å². The van der Waals surface area contributed by atoms with Gasteiger partial charge in [-0.25, -0.2) is 0 Å². The lowest BCUT2D eigenvalue weighted by atomic mass is 10.1. The zero-order valence-corrected chi connectivity index (χ0v) is 8.87. The molecule has 0 rings (SSSR count). The van der Waals surface area contributed by atoms with Crippen LogP contribution in [0, 0.1) is 0 Å². The lowest BCUT2D eigenvalue weighted by Crippen LogP contribution is -2.47. The Morgan fingerprint density at radius 1 is 1.62 bits per heavy atom. The molecule has 0 radical (unpaired) electrons. The van der Waals surface area contributed by atoms with Gasteiger partial charge in [-0.2, -0.15) is 0 Å². The molecular weight excluding hydrogens is 168 g/mol. The SMILES string of the molecule is CCC(C(N)=O)N(C)CC(C)(C)O. The molecule has 0 aliphatic rings. The maximum absolute atomic E-state index is 11.0. The van der Waals surface area contributed by atoms with Crippen molar-refractivity contribution in [3.63, 3.8) is 0 Å². The van der Waals surface area contributed by atoms with Gasteiger partial charge in [0.25, 0.3) is 0 Å². The highest BCUT2D eigenvalue weighted by molar-refractivity contribution is 5.79. The molecule has 0 aromatic carbocycles. The maximum Gasteiger partial charge on any atom is 0.234 e. The first-order chi connectivity index (χ1) is 5.78. The van der Waals surface area contributed by atoms with Gasteiger partial charge in [0.2, 0.25) is 5.91 Å². The number of primary amides is 1. The quantitative estimate of drug-likeness (QED) is 0.636. The topological polar surface area (TPSA) is 66.6 Å². The highest BCUT2D eigenvalue weighted by atomic mass is 16.3. The smallest absolute Gasteiger partial charge is 0.234 e. The number of hydrogen-bond donors (Lipinski definition) is 2. The Morgan fingerprint density at radius 2 is 2.08 bits per heavy atom. The molecule has 4 nitrogen and oxygen atoms in total. The van der Waals surface area contributed by atoms with Crippen molar-refractivity contribution < 1.29 is 9.90 Å². The predicted octanol–water partition coefficient (Wildman–Crippen LogP) is -0.0470. The van der Waals surface area contributed by atoms with Gasteiger partial charge in [-0.15, -0.1) is 0 Å². The molecule has 3 N–H and O–H groups in total. The van der Waals surface area contributed by atoms with Crippen molar-refractivity contribution in [2.45, 2.75) is 38.8 Å². The van der Waals surface area contributed by atoms with Crippen LogP contribution < -0.4 is 5.73 Å². The van der Waals surface area contributed by atoms with Crippen molar-refractivity contribution in [3.8, 4) is 0 Å². The fourth-order valence-electron chi connectivity index (χ4n) is 1.45. The summed E-state index contributed by atoms with van der Waals surface area (Å²) in [4.78, 5) is 12.7. The van der Waals surface area contributed by atoms with Gasteiger partial charge in [0.15, 0.2) is 0 Å². The Bertz CT molecular complexity index is 175. The molecule has 0 aromatic heterocycles. The summed E-state index contributed by atoms with van der Waals surface area (Å²) in [5.41, 5.74) is 4.41. The molecule has 0 spiro atoms. The van der Waals surface area contributed by atoms with Crippen LogP contribution >= 0.6 is 0 Å². The van der Waals surface area contributed by atoms with Crippen LogP contribution in [-0.4, -0.2) is 41.1 Å². The average molecular weight is 188 g/mol. The number of nitrogens with two attached hydrogens (primary N) is 1. The number of nitrogens with zero attached hydrogens (tertiary/aromatic N) is 1. The predicted molar refractivity (Wildman–Crippen MR) is 52.2 cm³/mol. The van der Waals surface area contributed by atoms with E-state index in [1.54, 1.807) is 25.8 Å². The Kier molecular flexibility index (Phi) is 4.36. The second-order valence-corrected chi connectivity index (χ2v) is 4.05. The van der Waals surface area contributed by atoms with Gasteiger partial charge >= 0.3 is 0 Å². The normalized spacial score (nSPS) is 14.6. The Balaban J connectivity index is 4.22. The maximum atomic E-state index is 11.0. The van der Waals surface area contributed by atoms with Crippen LogP contribution in [0.2, 0.25) is 0 Å². The average Bonchev–Trinajstić information content (AvgIpc) is 1.82. The molecule has 1 atom stereocenters. The van der Waals surface area contributed by atoms with E-state index in [1.807, 2.05) is 6.92 Å². The standard InChI is InChI=1S/C9H20N2O2/c1-5-7(8(10)12)11(4)6-9(2,3)13/h7,13H,5-6H2,1-4H3,(H2,10,12). The minimum absolute atomic E-state index is 0.286. The summed E-state index contributed by atoms with van der Waals surface area (Å²) in [5.74, 6) is -0.339. The van der Waals surface area contributed by atoms with Crippen LogP contribution in [0.4, 0.5) is 0 Å². The van der Waals surface area contributed by atoms with Gasteiger partial charge in [-0.05, 0) is 27.3 Å². The molecule has 0 aliphatic heterocycles. The first-order valence-electron chi connectivity index (χ1n) is 4.50. The summed E-state index contributed by atoms with van der Waals surface area (Å²) >= 11 is 0. The van der Waals surface area contributed by atoms with Gasteiger partial charge in [0.05, 0.1) is 11.6 Å². The Labute approximate surface area is 79.7 Å². The molecule has 0 aromatic rings. The molecule has 0 fully saturated rings. The molecule has 0 heterocycles. The summed E-state index contributed by atoms with van der Waals surface area (Å²) in [6, 6.07) is -0.286. The number of carbonyl (C=O) groups is 1. The summed E-state index contributed by atoms with van der Waals surface area (Å²) in [6.07, 6.45) is 0.669. The van der Waals surface area contributed by atoms with Crippen LogP contribution in [-0.2, 0) is 4.79 Å². The van der Waals surface area contributed by atoms with Crippen molar-refractivity contribution in [1.82, 2.24) is 4.90 Å². The minimum Gasteiger partial charge on any atom is -0.389 e. The van der Waals surface area contributed by atoms with E-state index in [4.69, 9.17) is 5.73 Å². The molecule has 4 heteroatoms. The molecule has 13 heavy (non-hydrogen) atoms. The van der Waals surface area contributed by atoms with Crippen molar-refractivity contribution >= 4 is 5.91 Å². The zero-order chi connectivity index (χ0) is 10.6. The molecule has 0 bridgehead atoms. The third kappa shape index (κ3) is 4.85. The number of aliphatic hydroxyl groups is 1. The Morgan fingerprint density at radius 3 is 2.31 bits per heavy atom. The number of carbonyl (C=O) groups excluding carboxylic acids is 1. The van der Waals surface area contributed by atoms with Crippen LogP contribution in [0.1, 0.15) is 27.2 Å². The molecule has 0 saturated heterocycles. The van der Waals surface area contributed by atoms with E-state index < -0.39 is 5.60 Å². The van der Waals surface area contributed by atoms with E-state index in [0.717, 1.165) is 0 Å². The van der Waals surface area contributed by atoms with Crippen molar-refractivity contribution in [1.29, 1.82) is 0 Å². The van der Waals surface area contributed by atoms with Gasteiger partial charge in [0, 0.05) is 6.54 Å². The van der Waals surface area contributed by atoms with E-state index in [1.165, 1.54) is 0 Å². The number of likely N-dealkylation sites (N-methyl/N-ethyl adjacent to an activating group) is 1. The summed E-state index contributed by atoms with van der Waals surface area (Å²) in [6.45, 7) is 5.75. The van der Waals surface area contributed by atoms with Crippen molar-refractivity contribution in [3.05, 3.63) is 0 Å². The van der Waals surface area contributed by atoms with Gasteiger partial charge < -0.3 is 10.8 Å². The molecule has 78 valence electrons. The fraction of sp³-hybridized carbons (Fsp3) is 0.889. The van der Waals surface area contributed by atoms with Crippen LogP contribution in [0.15, 0.2) is 0 Å². The monoisotopic (exact) mass is 188 g/mol. The third-order valence-corrected chi connectivity index (χ3v) is 1.88. The zero-order valence-electron chi connectivity index (χ0n) is 8.87. The summed E-state index contributed by atoms with van der Waals surface area (Å²) in [7, 11) is 1.79. The van der Waals surface area contributed by atoms with E-state index in [0.29, 0.717) is 13.0 Å². The van der Waals surface area contributed by atoms with Gasteiger partial charge in [0.1, 0.15) is 0 Å².